The van der Waals surface area contributed by atoms with Gasteiger partial charge in [0.2, 0.25) is 0 Å². The summed E-state index contributed by atoms with van der Waals surface area (Å²) in [4.78, 5) is 33.3. The average Bonchev–Trinajstić information content (AvgIpc) is 2.78. The van der Waals surface area contributed by atoms with Gasteiger partial charge in [-0.2, -0.15) is 0 Å². The molecule has 4 rings (SSSR count). The van der Waals surface area contributed by atoms with Crippen LogP contribution in [-0.4, -0.2) is 35.3 Å². The van der Waals surface area contributed by atoms with Crippen LogP contribution in [0.25, 0.3) is 0 Å². The first-order chi connectivity index (χ1) is 13.6. The molecule has 2 amide bonds. The molecule has 1 aromatic heterocycles. The Labute approximate surface area is 164 Å². The van der Waals surface area contributed by atoms with Gasteiger partial charge in [0, 0.05) is 37.6 Å². The van der Waals surface area contributed by atoms with Gasteiger partial charge in [-0.15, -0.1) is 0 Å². The number of hydrogen-bond donors (Lipinski definition) is 0. The number of carbonyl (C=O) groups excluding carboxylic acids is 2. The number of rotatable bonds is 3. The molecular weight excluding hydrogens is 350 g/mol. The average molecular weight is 371 g/mol. The maximum absolute atomic E-state index is 13.0. The molecule has 0 fully saturated rings. The lowest BCUT2D eigenvalue weighted by Crippen LogP contribution is -2.36. The topological polar surface area (TPSA) is 53.5 Å². The molecule has 2 aromatic carbocycles. The highest BCUT2D eigenvalue weighted by molar-refractivity contribution is 6.06. The van der Waals surface area contributed by atoms with Crippen LogP contribution in [0.5, 0.6) is 0 Å². The largest absolute Gasteiger partial charge is 0.334 e. The van der Waals surface area contributed by atoms with Gasteiger partial charge in [-0.1, -0.05) is 42.5 Å². The van der Waals surface area contributed by atoms with Crippen LogP contribution in [0, 0.1) is 0 Å². The first-order valence-electron chi connectivity index (χ1n) is 9.29. The van der Waals surface area contributed by atoms with Crippen molar-refractivity contribution in [1.82, 2.24) is 9.88 Å². The quantitative estimate of drug-likeness (QED) is 0.707. The Morgan fingerprint density at radius 2 is 1.68 bits per heavy atom. The van der Waals surface area contributed by atoms with Crippen LogP contribution >= 0.6 is 0 Å². The standard InChI is InChI=1S/C23H21N3O2/c1-25(20-9-3-2-4-10-20)23(28)21-15-18(11-13-24-21)22(27)26-14-12-17-7-5-6-8-19(17)16-26/h2-11,13,15H,12,14,16H2,1H3. The van der Waals surface area contributed by atoms with Crippen LogP contribution in [0.15, 0.2) is 72.9 Å². The van der Waals surface area contributed by atoms with Crippen LogP contribution in [0.3, 0.4) is 0 Å². The van der Waals surface area contributed by atoms with E-state index in [0.717, 1.165) is 12.1 Å². The molecule has 0 aliphatic carbocycles. The number of pyridine rings is 1. The SMILES string of the molecule is CN(C(=O)c1cc(C(=O)N2CCc3ccccc3C2)ccn1)c1ccccc1. The molecule has 0 bridgehead atoms. The zero-order valence-corrected chi connectivity index (χ0v) is 15.7. The predicted octanol–water partition coefficient (Wildman–Crippen LogP) is 3.56. The van der Waals surface area contributed by atoms with Gasteiger partial charge < -0.3 is 9.80 Å². The predicted molar refractivity (Wildman–Crippen MR) is 108 cm³/mol. The molecule has 28 heavy (non-hydrogen) atoms. The van der Waals surface area contributed by atoms with Crippen molar-refractivity contribution in [3.63, 3.8) is 0 Å². The minimum atomic E-state index is -0.246. The fourth-order valence-electron chi connectivity index (χ4n) is 3.47. The molecule has 0 radical (unpaired) electrons. The molecule has 1 aliphatic rings. The summed E-state index contributed by atoms with van der Waals surface area (Å²) >= 11 is 0. The Balaban J connectivity index is 1.54. The zero-order valence-electron chi connectivity index (χ0n) is 15.7. The normalized spacial score (nSPS) is 13.0. The number of aromatic nitrogens is 1. The second-order valence-electron chi connectivity index (χ2n) is 6.87. The molecule has 1 aliphatic heterocycles. The molecule has 0 N–H and O–H groups in total. The molecule has 0 spiro atoms. The first kappa shape index (κ1) is 17.9. The third-order valence-electron chi connectivity index (χ3n) is 5.09. The van der Waals surface area contributed by atoms with Crippen LogP contribution < -0.4 is 4.90 Å². The third kappa shape index (κ3) is 3.51. The summed E-state index contributed by atoms with van der Waals surface area (Å²) in [7, 11) is 1.70. The van der Waals surface area contributed by atoms with E-state index in [1.807, 2.05) is 47.4 Å². The number of para-hydroxylation sites is 1. The summed E-state index contributed by atoms with van der Waals surface area (Å²) in [6.07, 6.45) is 2.37. The second-order valence-corrected chi connectivity index (χ2v) is 6.87. The molecule has 140 valence electrons. The van der Waals surface area contributed by atoms with E-state index in [-0.39, 0.29) is 17.5 Å². The van der Waals surface area contributed by atoms with E-state index in [2.05, 4.69) is 17.1 Å². The summed E-state index contributed by atoms with van der Waals surface area (Å²) in [5.41, 5.74) is 3.99. The number of nitrogens with zero attached hydrogens (tertiary/aromatic N) is 3. The fraction of sp³-hybridized carbons (Fsp3) is 0.174. The van der Waals surface area contributed by atoms with Crippen molar-refractivity contribution in [3.05, 3.63) is 95.3 Å². The highest BCUT2D eigenvalue weighted by Gasteiger charge is 2.23. The van der Waals surface area contributed by atoms with E-state index in [4.69, 9.17) is 0 Å². The smallest absolute Gasteiger partial charge is 0.276 e. The minimum absolute atomic E-state index is 0.0756. The van der Waals surface area contributed by atoms with E-state index in [0.29, 0.717) is 18.7 Å². The number of benzene rings is 2. The number of amides is 2. The Morgan fingerprint density at radius 3 is 2.46 bits per heavy atom. The van der Waals surface area contributed by atoms with Gasteiger partial charge in [-0.05, 0) is 41.8 Å². The highest BCUT2D eigenvalue weighted by Crippen LogP contribution is 2.21. The zero-order chi connectivity index (χ0) is 19.5. The maximum atomic E-state index is 13.0. The van der Waals surface area contributed by atoms with Gasteiger partial charge in [-0.25, -0.2) is 0 Å². The van der Waals surface area contributed by atoms with Gasteiger partial charge in [-0.3, -0.25) is 14.6 Å². The molecule has 0 unspecified atom stereocenters. The van der Waals surface area contributed by atoms with Crippen molar-refractivity contribution in [2.24, 2.45) is 0 Å². The molecule has 2 heterocycles. The van der Waals surface area contributed by atoms with Crippen LogP contribution in [0.1, 0.15) is 32.0 Å². The van der Waals surface area contributed by atoms with Crippen LogP contribution in [-0.2, 0) is 13.0 Å². The lowest BCUT2D eigenvalue weighted by molar-refractivity contribution is 0.0734. The number of carbonyl (C=O) groups is 2. The van der Waals surface area contributed by atoms with Crippen LogP contribution in [0.4, 0.5) is 5.69 Å². The summed E-state index contributed by atoms with van der Waals surface area (Å²) in [5.74, 6) is -0.321. The van der Waals surface area contributed by atoms with Gasteiger partial charge in [0.1, 0.15) is 5.69 Å². The minimum Gasteiger partial charge on any atom is -0.334 e. The summed E-state index contributed by atoms with van der Waals surface area (Å²) in [5, 5.41) is 0. The van der Waals surface area contributed by atoms with E-state index >= 15 is 0 Å². The summed E-state index contributed by atoms with van der Waals surface area (Å²) < 4.78 is 0. The molecule has 5 nitrogen and oxygen atoms in total. The van der Waals surface area contributed by atoms with E-state index in [9.17, 15) is 9.59 Å². The van der Waals surface area contributed by atoms with Crippen molar-refractivity contribution >= 4 is 17.5 Å². The highest BCUT2D eigenvalue weighted by atomic mass is 16.2. The Bertz CT molecular complexity index is 1020. The molecule has 0 atom stereocenters. The van der Waals surface area contributed by atoms with Crippen molar-refractivity contribution < 1.29 is 9.59 Å². The van der Waals surface area contributed by atoms with E-state index < -0.39 is 0 Å². The van der Waals surface area contributed by atoms with E-state index in [1.54, 1.807) is 19.2 Å². The van der Waals surface area contributed by atoms with Gasteiger partial charge in [0.15, 0.2) is 0 Å². The second kappa shape index (κ2) is 7.64. The molecule has 3 aromatic rings. The number of fused-ring (bicyclic) bond motifs is 1. The lowest BCUT2D eigenvalue weighted by atomic mass is 9.99. The third-order valence-corrected chi connectivity index (χ3v) is 5.09. The monoisotopic (exact) mass is 371 g/mol. The Hall–Kier alpha value is -3.47. The molecule has 0 saturated heterocycles. The molecular formula is C23H21N3O2. The van der Waals surface area contributed by atoms with Gasteiger partial charge in [0.25, 0.3) is 11.8 Å². The van der Waals surface area contributed by atoms with Crippen molar-refractivity contribution in [2.45, 2.75) is 13.0 Å². The fourth-order valence-corrected chi connectivity index (χ4v) is 3.47. The van der Waals surface area contributed by atoms with E-state index in [1.165, 1.54) is 22.2 Å². The lowest BCUT2D eigenvalue weighted by Gasteiger charge is -2.29. The number of anilines is 1. The van der Waals surface area contributed by atoms with Crippen molar-refractivity contribution in [1.29, 1.82) is 0 Å². The maximum Gasteiger partial charge on any atom is 0.276 e. The molecule has 5 heteroatoms. The Kier molecular flexibility index (Phi) is 4.89. The van der Waals surface area contributed by atoms with Gasteiger partial charge >= 0.3 is 0 Å². The summed E-state index contributed by atoms with van der Waals surface area (Å²) in [6, 6.07) is 20.8. The molecule has 0 saturated carbocycles. The van der Waals surface area contributed by atoms with Gasteiger partial charge in [0.05, 0.1) is 0 Å². The first-order valence-corrected chi connectivity index (χ1v) is 9.29. The summed E-state index contributed by atoms with van der Waals surface area (Å²) in [6.45, 7) is 1.26. The van der Waals surface area contributed by atoms with Crippen molar-refractivity contribution in [2.75, 3.05) is 18.5 Å². The number of hydrogen-bond acceptors (Lipinski definition) is 3. The Morgan fingerprint density at radius 1 is 0.964 bits per heavy atom. The van der Waals surface area contributed by atoms with Crippen molar-refractivity contribution in [3.8, 4) is 0 Å². The van der Waals surface area contributed by atoms with Crippen LogP contribution in [0.2, 0.25) is 0 Å².